The van der Waals surface area contributed by atoms with Crippen LogP contribution in [0.15, 0.2) is 0 Å². The minimum atomic E-state index is -4.28. The lowest BCUT2D eigenvalue weighted by Crippen LogP contribution is -2.29. The summed E-state index contributed by atoms with van der Waals surface area (Å²) in [4.78, 5) is 28.3. The largest absolute Gasteiger partial charge is 0.472 e. The van der Waals surface area contributed by atoms with E-state index in [1.54, 1.807) is 0 Å². The molecule has 1 aliphatic heterocycles. The summed E-state index contributed by atoms with van der Waals surface area (Å²) >= 11 is 0. The second-order valence-corrected chi connectivity index (χ2v) is 16.5. The zero-order valence-electron chi connectivity index (χ0n) is 33.4. The Kier molecular flexibility index (Phi) is 33.4. The molecule has 0 spiro atoms. The first-order valence-corrected chi connectivity index (χ1v) is 23.3. The summed E-state index contributed by atoms with van der Waals surface area (Å²) < 4.78 is 30.5. The molecule has 0 bridgehead atoms. The molecule has 0 amide bonds. The van der Waals surface area contributed by atoms with Crippen LogP contribution < -0.4 is 5.73 Å². The molecule has 1 aliphatic rings. The van der Waals surface area contributed by atoms with Crippen LogP contribution in [0, 0.1) is 0 Å². The zero-order valence-corrected chi connectivity index (χ0v) is 34.3. The van der Waals surface area contributed by atoms with Crippen molar-refractivity contribution in [2.45, 2.75) is 232 Å². The molecule has 1 rings (SSSR count). The Hall–Kier alpha value is -0.540. The highest BCUT2D eigenvalue weighted by atomic mass is 31.2. The summed E-state index contributed by atoms with van der Waals surface area (Å²) in [5.41, 5.74) is 5.38. The van der Waals surface area contributed by atoms with Gasteiger partial charge in [-0.1, -0.05) is 194 Å². The van der Waals surface area contributed by atoms with Gasteiger partial charge >= 0.3 is 20.1 Å². The normalized spacial score (nSPS) is 16.4. The van der Waals surface area contributed by atoms with Gasteiger partial charge in [0.2, 0.25) is 6.61 Å². The van der Waals surface area contributed by atoms with Crippen LogP contribution in [0.1, 0.15) is 219 Å². The molecule has 0 aliphatic carbocycles. The molecule has 1 fully saturated rings. The molecule has 0 aromatic rings. The molecule has 10 heteroatoms. The van der Waals surface area contributed by atoms with Gasteiger partial charge in [-0.25, -0.2) is 4.57 Å². The van der Waals surface area contributed by atoms with Crippen LogP contribution >= 0.6 is 7.82 Å². The molecule has 0 aromatic heterocycles. The lowest BCUT2D eigenvalue weighted by atomic mass is 10.0. The van der Waals surface area contributed by atoms with Gasteiger partial charge in [0.25, 0.3) is 0 Å². The quantitative estimate of drug-likeness (QED) is 0.0158. The van der Waals surface area contributed by atoms with E-state index in [0.717, 1.165) is 32.1 Å². The smallest absolute Gasteiger partial charge is 0.451 e. The number of rotatable bonds is 41. The predicted octanol–water partition coefficient (Wildman–Crippen LogP) is 12.3. The van der Waals surface area contributed by atoms with Gasteiger partial charge < -0.3 is 15.4 Å². The van der Waals surface area contributed by atoms with Crippen LogP contribution in [-0.2, 0) is 32.5 Å². The van der Waals surface area contributed by atoms with Gasteiger partial charge in [0.05, 0.1) is 13.0 Å². The lowest BCUT2D eigenvalue weighted by molar-refractivity contribution is -0.194. The predicted molar refractivity (Wildman–Crippen MR) is 211 cm³/mol. The van der Waals surface area contributed by atoms with E-state index in [9.17, 15) is 14.3 Å². The van der Waals surface area contributed by atoms with E-state index in [0.29, 0.717) is 6.42 Å². The van der Waals surface area contributed by atoms with Crippen molar-refractivity contribution in [2.75, 3.05) is 26.4 Å². The molecule has 0 radical (unpaired) electrons. The van der Waals surface area contributed by atoms with Gasteiger partial charge in [0, 0.05) is 13.0 Å². The van der Waals surface area contributed by atoms with E-state index < -0.39 is 13.9 Å². The third kappa shape index (κ3) is 32.6. The van der Waals surface area contributed by atoms with Gasteiger partial charge in [-0.15, -0.1) is 0 Å². The summed E-state index contributed by atoms with van der Waals surface area (Å²) in [6.07, 6.45) is 39.4. The van der Waals surface area contributed by atoms with Crippen molar-refractivity contribution in [2.24, 2.45) is 5.73 Å². The molecular weight excluding hydrogens is 665 g/mol. The molecule has 0 saturated carbocycles. The molecular formula is C41H83NO8P+. The Morgan fingerprint density at radius 3 is 1.45 bits per heavy atom. The monoisotopic (exact) mass is 749 g/mol. The van der Waals surface area contributed by atoms with Crippen LogP contribution in [0.2, 0.25) is 0 Å². The Labute approximate surface area is 314 Å². The van der Waals surface area contributed by atoms with E-state index in [1.807, 2.05) is 0 Å². The van der Waals surface area contributed by atoms with E-state index in [2.05, 4.69) is 18.4 Å². The number of carbonyl (C=O) groups excluding carboxylic acids is 1. The minimum Gasteiger partial charge on any atom is -0.451 e. The van der Waals surface area contributed by atoms with Gasteiger partial charge in [-0.05, 0) is 17.7 Å². The Balaban J connectivity index is 2.15. The summed E-state index contributed by atoms with van der Waals surface area (Å²) in [5.74, 6) is -0.324. The average molecular weight is 749 g/mol. The zero-order chi connectivity index (χ0) is 37.1. The maximum absolute atomic E-state index is 12.7. The second kappa shape index (κ2) is 35.2. The number of hydrogen-bond donors (Lipinski definition) is 2. The number of phosphoric ester groups is 1. The van der Waals surface area contributed by atoms with Crippen LogP contribution in [0.25, 0.3) is 0 Å². The Bertz CT molecular complexity index is 819. The SMILES string of the molecule is CCCCCCCCCCCCCCCCCC(=O)O[C@@H](COP(=O)(O)OCCN)C[O+]1OC1CCCCCCCCCCCCCCCCC. The van der Waals surface area contributed by atoms with Gasteiger partial charge in [0.15, 0.2) is 6.10 Å². The molecule has 1 heterocycles. The summed E-state index contributed by atoms with van der Waals surface area (Å²) in [5, 5.41) is 0. The lowest BCUT2D eigenvalue weighted by Gasteiger charge is -2.17. The first kappa shape index (κ1) is 48.5. The molecule has 0 aromatic carbocycles. The third-order valence-electron chi connectivity index (χ3n) is 9.96. The molecule has 1 saturated heterocycles. The van der Waals surface area contributed by atoms with Crippen molar-refractivity contribution in [3.63, 3.8) is 0 Å². The average Bonchev–Trinajstić information content (AvgIpc) is 3.86. The van der Waals surface area contributed by atoms with Crippen molar-refractivity contribution in [1.82, 2.24) is 0 Å². The van der Waals surface area contributed by atoms with Gasteiger partial charge in [0.1, 0.15) is 6.61 Å². The number of nitrogens with two attached hydrogens (primary N) is 1. The molecule has 51 heavy (non-hydrogen) atoms. The van der Waals surface area contributed by atoms with Crippen LogP contribution in [0.4, 0.5) is 0 Å². The van der Waals surface area contributed by atoms with E-state index in [1.165, 1.54) is 167 Å². The Morgan fingerprint density at radius 1 is 0.647 bits per heavy atom. The van der Waals surface area contributed by atoms with Crippen LogP contribution in [0.5, 0.6) is 0 Å². The third-order valence-corrected chi connectivity index (χ3v) is 10.9. The Morgan fingerprint density at radius 2 is 1.04 bits per heavy atom. The number of esters is 1. The number of hydrogen-bond acceptors (Lipinski definition) is 7. The first-order chi connectivity index (χ1) is 24.9. The first-order valence-electron chi connectivity index (χ1n) is 21.8. The standard InChI is InChI=1S/C41H82NO8P/c1-3-5-7-9-11-13-15-17-19-21-23-25-27-29-31-33-40(43)48-39(37-47-51(44,45)46-36-35-42)38-50-41(49-50)34-32-30-28-26-24-22-20-18-16-14-12-10-8-6-4-2/h39,41H,3-38,42H2,1-2H3/p+1/t39-,41?/m0/s1. The van der Waals surface area contributed by atoms with Crippen molar-refractivity contribution >= 4 is 13.8 Å². The summed E-state index contributed by atoms with van der Waals surface area (Å²) in [6.45, 7) is 4.50. The molecule has 3 atom stereocenters. The van der Waals surface area contributed by atoms with E-state index in [4.69, 9.17) is 24.4 Å². The van der Waals surface area contributed by atoms with E-state index in [-0.39, 0.29) is 38.6 Å². The highest BCUT2D eigenvalue weighted by molar-refractivity contribution is 7.47. The number of phosphoric acid groups is 1. The second-order valence-electron chi connectivity index (χ2n) is 15.0. The van der Waals surface area contributed by atoms with Crippen LogP contribution in [-0.4, -0.2) is 49.6 Å². The summed E-state index contributed by atoms with van der Waals surface area (Å²) in [6, 6.07) is 0. The topological polar surface area (TPSA) is 123 Å². The molecule has 2 unspecified atom stereocenters. The maximum Gasteiger partial charge on any atom is 0.472 e. The molecule has 3 N–H and O–H groups in total. The van der Waals surface area contributed by atoms with Crippen molar-refractivity contribution in [3.05, 3.63) is 0 Å². The number of unbranched alkanes of at least 4 members (excludes halogenated alkanes) is 28. The fraction of sp³-hybridized carbons (Fsp3) is 0.976. The van der Waals surface area contributed by atoms with Crippen LogP contribution in [0.3, 0.4) is 0 Å². The fourth-order valence-electron chi connectivity index (χ4n) is 6.69. The minimum absolute atomic E-state index is 0.0851. The van der Waals surface area contributed by atoms with E-state index >= 15 is 0 Å². The number of ether oxygens (including phenoxy) is 1. The van der Waals surface area contributed by atoms with Gasteiger partial charge in [-0.2, -0.15) is 4.52 Å². The maximum atomic E-state index is 12.7. The highest BCUT2D eigenvalue weighted by Crippen LogP contribution is 2.43. The summed E-state index contributed by atoms with van der Waals surface area (Å²) in [7, 11) is -4.28. The molecule has 9 nitrogen and oxygen atoms in total. The van der Waals surface area contributed by atoms with Crippen molar-refractivity contribution in [3.8, 4) is 0 Å². The van der Waals surface area contributed by atoms with Crippen molar-refractivity contribution in [1.29, 1.82) is 0 Å². The fourth-order valence-corrected chi connectivity index (χ4v) is 7.46. The van der Waals surface area contributed by atoms with Gasteiger partial charge in [-0.3, -0.25) is 13.8 Å². The molecule has 304 valence electrons. The number of carbonyl (C=O) groups is 1. The van der Waals surface area contributed by atoms with Crippen molar-refractivity contribution < 1.29 is 37.4 Å². The highest BCUT2D eigenvalue weighted by Gasteiger charge is 2.50.